The van der Waals surface area contributed by atoms with E-state index in [1.165, 1.54) is 38.0 Å². The van der Waals surface area contributed by atoms with E-state index < -0.39 is 0 Å². The molecule has 4 aromatic heterocycles. The molecular weight excluding hydrogens is 1270 g/mol. The quantitative estimate of drug-likeness (QED) is 0.0208. The predicted molar refractivity (Wildman–Crippen MR) is 398 cm³/mol. The van der Waals surface area contributed by atoms with E-state index in [1.54, 1.807) is 6.07 Å². The molecule has 7 N–H and O–H groups in total. The van der Waals surface area contributed by atoms with E-state index in [4.69, 9.17) is 19.4 Å². The number of rotatable bonds is 25. The van der Waals surface area contributed by atoms with Gasteiger partial charge in [-0.25, -0.2) is 19.3 Å². The zero-order valence-electron chi connectivity index (χ0n) is 60.0. The topological polar surface area (TPSA) is 259 Å². The van der Waals surface area contributed by atoms with Crippen molar-refractivity contribution in [1.29, 1.82) is 0 Å². The van der Waals surface area contributed by atoms with Crippen LogP contribution in [-0.4, -0.2) is 179 Å². The van der Waals surface area contributed by atoms with Crippen LogP contribution in [0.2, 0.25) is 0 Å². The molecule has 8 heterocycles. The number of aryl methyl sites for hydroxylation is 4. The molecular formula is C78H104N16O7. The molecule has 12 rings (SSSR count). The number of amides is 4. The molecule has 8 aromatic rings. The molecule has 0 bridgehead atoms. The second-order valence-electron chi connectivity index (χ2n) is 26.6. The molecule has 101 heavy (non-hydrogen) atoms. The van der Waals surface area contributed by atoms with Gasteiger partial charge < -0.3 is 56.5 Å². The number of anilines is 2. The van der Waals surface area contributed by atoms with Gasteiger partial charge >= 0.3 is 0 Å². The maximum atomic E-state index is 13.1. The van der Waals surface area contributed by atoms with Gasteiger partial charge in [0.15, 0.2) is 11.3 Å². The molecule has 538 valence electrons. The predicted octanol–water partition coefficient (Wildman–Crippen LogP) is 9.05. The van der Waals surface area contributed by atoms with Gasteiger partial charge in [-0.1, -0.05) is 86.6 Å². The molecule has 23 heteroatoms. The number of benzene rings is 4. The van der Waals surface area contributed by atoms with Crippen LogP contribution in [0.4, 0.5) is 11.4 Å². The first kappa shape index (κ1) is 74.7. The van der Waals surface area contributed by atoms with Gasteiger partial charge in [-0.05, 0) is 169 Å². The van der Waals surface area contributed by atoms with Crippen molar-refractivity contribution in [2.75, 3.05) is 104 Å². The van der Waals surface area contributed by atoms with Gasteiger partial charge in [0.2, 0.25) is 23.6 Å². The Morgan fingerprint density at radius 2 is 0.960 bits per heavy atom. The van der Waals surface area contributed by atoms with Crippen LogP contribution in [0.5, 0.6) is 0 Å². The van der Waals surface area contributed by atoms with Crippen LogP contribution < -0.4 is 37.2 Å². The molecule has 0 spiro atoms. The van der Waals surface area contributed by atoms with Gasteiger partial charge in [-0.3, -0.25) is 28.9 Å². The zero-order valence-corrected chi connectivity index (χ0v) is 60.0. The van der Waals surface area contributed by atoms with Crippen molar-refractivity contribution in [3.63, 3.8) is 0 Å². The van der Waals surface area contributed by atoms with Gasteiger partial charge in [0.05, 0.1) is 34.5 Å². The second-order valence-corrected chi connectivity index (χ2v) is 26.6. The van der Waals surface area contributed by atoms with Crippen molar-refractivity contribution in [2.45, 2.75) is 150 Å². The number of hydrogen-bond acceptors (Lipinski definition) is 17. The highest BCUT2D eigenvalue weighted by Gasteiger charge is 2.25. The summed E-state index contributed by atoms with van der Waals surface area (Å²) in [6, 6.07) is 32.6. The number of aldehydes is 1. The summed E-state index contributed by atoms with van der Waals surface area (Å²) < 4.78 is 14.9. The number of ether oxygens (including phenoxy) is 2. The lowest BCUT2D eigenvalue weighted by molar-refractivity contribution is -0.131. The van der Waals surface area contributed by atoms with Crippen molar-refractivity contribution in [1.82, 2.24) is 70.8 Å². The summed E-state index contributed by atoms with van der Waals surface area (Å²) in [6.45, 7) is 23.9. The van der Waals surface area contributed by atoms with Crippen molar-refractivity contribution >= 4 is 63.4 Å². The number of hydrogen-bond donors (Lipinski definition) is 7. The van der Waals surface area contributed by atoms with E-state index in [9.17, 15) is 24.0 Å². The molecule has 23 nitrogen and oxygen atoms in total. The summed E-state index contributed by atoms with van der Waals surface area (Å²) in [5.41, 5.74) is 15.1. The average molecular weight is 1380 g/mol. The lowest BCUT2D eigenvalue weighted by Crippen LogP contribution is -2.32. The zero-order chi connectivity index (χ0) is 70.9. The van der Waals surface area contributed by atoms with Crippen LogP contribution in [0.25, 0.3) is 44.3 Å². The lowest BCUT2D eigenvalue weighted by Gasteiger charge is -2.26. The first-order valence-corrected chi connectivity index (χ1v) is 36.4. The maximum absolute atomic E-state index is 13.1. The molecule has 4 amide bonds. The summed E-state index contributed by atoms with van der Waals surface area (Å²) in [5.74, 6) is -1.36. The molecule has 4 aromatic carbocycles. The minimum Gasteiger partial charge on any atom is -0.381 e. The Kier molecular flexibility index (Phi) is 28.2. The van der Waals surface area contributed by atoms with E-state index in [2.05, 4.69) is 126 Å². The number of fused-ring (bicyclic) bond motifs is 2. The van der Waals surface area contributed by atoms with Crippen molar-refractivity contribution in [2.24, 2.45) is 0 Å². The summed E-state index contributed by atoms with van der Waals surface area (Å²) in [7, 11) is 4.37. The third kappa shape index (κ3) is 21.5. The minimum absolute atomic E-state index is 0.248. The fourth-order valence-corrected chi connectivity index (χ4v) is 13.4. The number of likely N-dealkylation sites (N-methyl/N-ethyl adjacent to an activating group) is 2. The van der Waals surface area contributed by atoms with Crippen LogP contribution >= 0.6 is 0 Å². The van der Waals surface area contributed by atoms with Gasteiger partial charge in [0.25, 0.3) is 0 Å². The number of carbonyl (C=O) groups excluding carboxylic acids is 5. The first-order valence-electron chi connectivity index (χ1n) is 36.4. The molecule has 0 atom stereocenters. The number of aromatic nitrogens is 6. The third-order valence-corrected chi connectivity index (χ3v) is 19.2. The monoisotopic (exact) mass is 1380 g/mol. The van der Waals surface area contributed by atoms with Crippen molar-refractivity contribution in [3.8, 4) is 22.3 Å². The van der Waals surface area contributed by atoms with Gasteiger partial charge in [-0.2, -0.15) is 10.2 Å². The Balaban J connectivity index is 0.000000197. The lowest BCUT2D eigenvalue weighted by atomic mass is 10.0. The SMILES string of the molecule is CCc1nc2c(cnn2CC)c(NC2CCOCC2)c1CNC(=O)CC(=O)NCc1cccc(-c2cccc(C=O)c2)c1.CCc1nc2c(cnn2CC)c(NC2CCOCC2)c1CNC(=O)CC(=O)NCc1cccc(-c2cccc(CN3CCCN(C)CC3)c2)c1.CN1CCCNCC1. The number of carbonyl (C=O) groups is 5. The van der Waals surface area contributed by atoms with Crippen LogP contribution in [0, 0.1) is 0 Å². The average Bonchev–Trinajstić information content (AvgIpc) is 1.69. The summed E-state index contributed by atoms with van der Waals surface area (Å²) in [6.07, 6.45) is 11.5. The van der Waals surface area contributed by atoms with E-state index in [-0.39, 0.29) is 68.2 Å². The summed E-state index contributed by atoms with van der Waals surface area (Å²) in [5, 5.41) is 33.5. The standard InChI is InChI=1S/C39H52N8O3.C33H38N6O4.C6H14N2/c1-4-35-33(38(43-32-13-19-50-20-14-32)34-26-42-47(5-2)39(34)44-35)25-41-37(49)23-36(48)40-24-28-9-6-11-30(21-28)31-12-7-10-29(22-31)27-46-16-8-15-45(3)17-18-46;1-3-29-27(32(37-26-11-13-43-14-12-26)28-20-36-39(4-2)33(28)38-29)19-35-31(42)17-30(41)34-18-22-7-5-9-24(15-22)25-10-6-8-23(16-25)21-40;1-8-5-2-3-7-4-6-8/h6-7,9-12,21-22,26,32H,4-5,8,13-20,23-25,27H2,1-3H3,(H,40,48)(H,41,49)(H,43,44);5-10,15-16,20-21,26H,3-4,11-14,17-19H2,1-2H3,(H,34,41)(H,35,42)(H,37,38);7H,2-6H2,1H3. The van der Waals surface area contributed by atoms with E-state index in [0.29, 0.717) is 44.7 Å². The summed E-state index contributed by atoms with van der Waals surface area (Å²) >= 11 is 0. The highest BCUT2D eigenvalue weighted by atomic mass is 16.5. The maximum Gasteiger partial charge on any atom is 0.229 e. The largest absolute Gasteiger partial charge is 0.381 e. The highest BCUT2D eigenvalue weighted by molar-refractivity contribution is 5.98. The molecule has 4 fully saturated rings. The third-order valence-electron chi connectivity index (χ3n) is 19.2. The van der Waals surface area contributed by atoms with Gasteiger partial charge in [0.1, 0.15) is 19.1 Å². The van der Waals surface area contributed by atoms with Crippen LogP contribution in [0.3, 0.4) is 0 Å². The number of pyridine rings is 2. The second kappa shape index (κ2) is 38.2. The molecule has 4 aliphatic rings. The Morgan fingerprint density at radius 1 is 0.515 bits per heavy atom. The van der Waals surface area contributed by atoms with Crippen LogP contribution in [0.15, 0.2) is 109 Å². The Bertz CT molecular complexity index is 4040. The fourth-order valence-electron chi connectivity index (χ4n) is 13.4. The van der Waals surface area contributed by atoms with E-state index in [0.717, 1.165) is 180 Å². The van der Waals surface area contributed by atoms with Crippen molar-refractivity contribution in [3.05, 3.63) is 154 Å². The summed E-state index contributed by atoms with van der Waals surface area (Å²) in [4.78, 5) is 79.8. The minimum atomic E-state index is -0.361. The number of nitrogens with zero attached hydrogens (tertiary/aromatic N) is 9. The Hall–Kier alpha value is -8.97. The Labute approximate surface area is 594 Å². The molecule has 0 radical (unpaired) electrons. The molecule has 0 unspecified atom stereocenters. The molecule has 4 saturated heterocycles. The molecule has 0 aliphatic carbocycles. The van der Waals surface area contributed by atoms with E-state index in [1.807, 2.05) is 90.2 Å². The van der Waals surface area contributed by atoms with Gasteiger partial charge in [-0.15, -0.1) is 0 Å². The Morgan fingerprint density at radius 3 is 1.45 bits per heavy atom. The molecule has 4 aliphatic heterocycles. The normalized spacial score (nSPS) is 15.8. The smallest absolute Gasteiger partial charge is 0.229 e. The van der Waals surface area contributed by atoms with E-state index >= 15 is 0 Å². The van der Waals surface area contributed by atoms with Crippen molar-refractivity contribution < 1.29 is 33.4 Å². The van der Waals surface area contributed by atoms with Crippen LogP contribution in [-0.2, 0) is 87.3 Å². The number of nitrogens with one attached hydrogen (secondary N) is 7. The van der Waals surface area contributed by atoms with Gasteiger partial charge in [0, 0.05) is 139 Å². The molecule has 0 saturated carbocycles. The fraction of sp³-hybridized carbons (Fsp3) is 0.474. The first-order chi connectivity index (χ1) is 49.3. The van der Waals surface area contributed by atoms with Crippen LogP contribution in [0.1, 0.15) is 129 Å². The highest BCUT2D eigenvalue weighted by Crippen LogP contribution is 2.34.